The van der Waals surface area contributed by atoms with Crippen LogP contribution in [-0.4, -0.2) is 11.6 Å². The maximum atomic E-state index is 12.4. The molecule has 1 aliphatic rings. The third-order valence-corrected chi connectivity index (χ3v) is 3.44. The average molecular weight is 244 g/mol. The zero-order valence-corrected chi connectivity index (χ0v) is 11.7. The van der Waals surface area contributed by atoms with Crippen LogP contribution in [0.1, 0.15) is 31.9 Å². The highest BCUT2D eigenvalue weighted by atomic mass is 16.2. The second-order valence-electron chi connectivity index (χ2n) is 5.40. The summed E-state index contributed by atoms with van der Waals surface area (Å²) in [6, 6.07) is 6.11. The van der Waals surface area contributed by atoms with E-state index in [1.54, 1.807) is 5.01 Å². The molecule has 1 amide bonds. The highest BCUT2D eigenvalue weighted by molar-refractivity contribution is 6.15. The first-order chi connectivity index (χ1) is 8.41. The predicted molar refractivity (Wildman–Crippen MR) is 74.8 cm³/mol. The summed E-state index contributed by atoms with van der Waals surface area (Å²) in [5.41, 5.74) is 4.04. The quantitative estimate of drug-likeness (QED) is 0.785. The van der Waals surface area contributed by atoms with Crippen molar-refractivity contribution in [1.29, 1.82) is 0 Å². The van der Waals surface area contributed by atoms with E-state index in [0.29, 0.717) is 0 Å². The first-order valence-corrected chi connectivity index (χ1v) is 6.38. The van der Waals surface area contributed by atoms with E-state index < -0.39 is 0 Å². The molecule has 0 spiro atoms. The van der Waals surface area contributed by atoms with E-state index in [0.717, 1.165) is 22.5 Å². The van der Waals surface area contributed by atoms with Gasteiger partial charge in [0.2, 0.25) is 0 Å². The number of nitrogens with zero attached hydrogens (tertiary/aromatic N) is 2. The van der Waals surface area contributed by atoms with Gasteiger partial charge in [0, 0.05) is 5.71 Å². The van der Waals surface area contributed by atoms with E-state index in [1.165, 1.54) is 0 Å². The number of carbonyl (C=O) groups excluding carboxylic acids is 1. The molecule has 0 aromatic heterocycles. The van der Waals surface area contributed by atoms with Crippen LogP contribution in [0, 0.1) is 25.7 Å². The van der Waals surface area contributed by atoms with Crippen LogP contribution in [-0.2, 0) is 4.79 Å². The molecule has 1 heterocycles. The fourth-order valence-electron chi connectivity index (χ4n) is 2.47. The van der Waals surface area contributed by atoms with Gasteiger partial charge >= 0.3 is 0 Å². The molecule has 0 bridgehead atoms. The van der Waals surface area contributed by atoms with Crippen molar-refractivity contribution < 1.29 is 4.79 Å². The highest BCUT2D eigenvalue weighted by Crippen LogP contribution is 2.30. The van der Waals surface area contributed by atoms with Crippen LogP contribution < -0.4 is 5.01 Å². The SMILES string of the molecule is CC1=NN(c2cc(C)ccc2C)C(=O)C1C(C)C. The molecule has 0 N–H and O–H groups in total. The topological polar surface area (TPSA) is 32.7 Å². The Morgan fingerprint density at radius 2 is 1.89 bits per heavy atom. The molecule has 18 heavy (non-hydrogen) atoms. The lowest BCUT2D eigenvalue weighted by atomic mass is 9.91. The first kappa shape index (κ1) is 12.8. The number of carbonyl (C=O) groups is 1. The number of amides is 1. The second kappa shape index (κ2) is 4.56. The fourth-order valence-corrected chi connectivity index (χ4v) is 2.47. The van der Waals surface area contributed by atoms with Gasteiger partial charge in [0.15, 0.2) is 0 Å². The van der Waals surface area contributed by atoms with Crippen molar-refractivity contribution in [3.63, 3.8) is 0 Å². The van der Waals surface area contributed by atoms with Crippen molar-refractivity contribution in [2.45, 2.75) is 34.6 Å². The van der Waals surface area contributed by atoms with Crippen LogP contribution in [0.15, 0.2) is 23.3 Å². The van der Waals surface area contributed by atoms with Crippen LogP contribution in [0.2, 0.25) is 0 Å². The predicted octanol–water partition coefficient (Wildman–Crippen LogP) is 3.30. The molecule has 1 aliphatic heterocycles. The van der Waals surface area contributed by atoms with Crippen LogP contribution in [0.5, 0.6) is 0 Å². The molecular formula is C15H20N2O. The second-order valence-corrected chi connectivity index (χ2v) is 5.40. The Hall–Kier alpha value is -1.64. The molecule has 1 aromatic rings. The monoisotopic (exact) mass is 244 g/mol. The zero-order chi connectivity index (χ0) is 13.4. The lowest BCUT2D eigenvalue weighted by molar-refractivity contribution is -0.120. The van der Waals surface area contributed by atoms with Gasteiger partial charge in [-0.3, -0.25) is 4.79 Å². The standard InChI is InChI=1S/C15H20N2O/c1-9(2)14-12(5)16-17(15(14)18)13-8-10(3)6-7-11(13)4/h6-9,14H,1-5H3. The maximum absolute atomic E-state index is 12.4. The van der Waals surface area contributed by atoms with Crippen LogP contribution in [0.25, 0.3) is 0 Å². The van der Waals surface area contributed by atoms with Crippen molar-refractivity contribution in [1.82, 2.24) is 0 Å². The Labute approximate surface area is 108 Å². The maximum Gasteiger partial charge on any atom is 0.256 e. The van der Waals surface area contributed by atoms with Gasteiger partial charge in [-0.05, 0) is 43.9 Å². The minimum Gasteiger partial charge on any atom is -0.272 e. The van der Waals surface area contributed by atoms with Crippen molar-refractivity contribution in [2.24, 2.45) is 16.9 Å². The van der Waals surface area contributed by atoms with E-state index in [9.17, 15) is 4.79 Å². The van der Waals surface area contributed by atoms with Gasteiger partial charge in [-0.15, -0.1) is 0 Å². The van der Waals surface area contributed by atoms with Gasteiger partial charge < -0.3 is 0 Å². The molecule has 0 radical (unpaired) electrons. The van der Waals surface area contributed by atoms with Crippen LogP contribution in [0.3, 0.4) is 0 Å². The van der Waals surface area contributed by atoms with E-state index in [4.69, 9.17) is 0 Å². The lowest BCUT2D eigenvalue weighted by Gasteiger charge is -2.18. The third-order valence-electron chi connectivity index (χ3n) is 3.44. The molecule has 3 nitrogen and oxygen atoms in total. The van der Waals surface area contributed by atoms with Gasteiger partial charge in [0.25, 0.3) is 5.91 Å². The molecule has 96 valence electrons. The Morgan fingerprint density at radius 3 is 2.44 bits per heavy atom. The van der Waals surface area contributed by atoms with Crippen LogP contribution >= 0.6 is 0 Å². The van der Waals surface area contributed by atoms with Gasteiger partial charge in [-0.1, -0.05) is 26.0 Å². The van der Waals surface area contributed by atoms with E-state index in [-0.39, 0.29) is 17.7 Å². The number of hydrogen-bond donors (Lipinski definition) is 0. The summed E-state index contributed by atoms with van der Waals surface area (Å²) in [5, 5.41) is 6.02. The van der Waals surface area contributed by atoms with E-state index in [2.05, 4.69) is 25.0 Å². The Bertz CT molecular complexity index is 517. The van der Waals surface area contributed by atoms with E-state index in [1.807, 2.05) is 32.9 Å². The Balaban J connectivity index is 2.42. The zero-order valence-electron chi connectivity index (χ0n) is 11.7. The molecule has 1 aromatic carbocycles. The summed E-state index contributed by atoms with van der Waals surface area (Å²) < 4.78 is 0. The summed E-state index contributed by atoms with van der Waals surface area (Å²) in [7, 11) is 0. The summed E-state index contributed by atoms with van der Waals surface area (Å²) in [4.78, 5) is 12.4. The average Bonchev–Trinajstić information content (AvgIpc) is 2.57. The number of rotatable bonds is 2. The molecular weight excluding hydrogens is 224 g/mol. The van der Waals surface area contributed by atoms with Gasteiger partial charge in [-0.25, -0.2) is 0 Å². The molecule has 0 saturated carbocycles. The number of anilines is 1. The largest absolute Gasteiger partial charge is 0.272 e. The molecule has 1 unspecified atom stereocenters. The molecule has 0 aliphatic carbocycles. The van der Waals surface area contributed by atoms with E-state index >= 15 is 0 Å². The Kier molecular flexibility index (Phi) is 3.24. The third kappa shape index (κ3) is 2.05. The number of aryl methyl sites for hydroxylation is 2. The summed E-state index contributed by atoms with van der Waals surface area (Å²) in [6.07, 6.45) is 0. The van der Waals surface area contributed by atoms with Gasteiger partial charge in [0.05, 0.1) is 11.6 Å². The summed E-state index contributed by atoms with van der Waals surface area (Å²) in [6.45, 7) is 10.1. The minimum absolute atomic E-state index is 0.0788. The normalized spacial score (nSPS) is 19.7. The highest BCUT2D eigenvalue weighted by Gasteiger charge is 2.36. The number of hydrogen-bond acceptors (Lipinski definition) is 2. The molecule has 1 atom stereocenters. The van der Waals surface area contributed by atoms with Gasteiger partial charge in [-0.2, -0.15) is 10.1 Å². The molecule has 2 rings (SSSR count). The van der Waals surface area contributed by atoms with Gasteiger partial charge in [0.1, 0.15) is 0 Å². The van der Waals surface area contributed by atoms with Crippen molar-refractivity contribution in [2.75, 3.05) is 5.01 Å². The minimum atomic E-state index is -0.0788. The number of hydrazone groups is 1. The van der Waals surface area contributed by atoms with Crippen molar-refractivity contribution >= 4 is 17.3 Å². The molecule has 3 heteroatoms. The number of benzene rings is 1. The first-order valence-electron chi connectivity index (χ1n) is 6.38. The molecule has 0 fully saturated rings. The smallest absolute Gasteiger partial charge is 0.256 e. The van der Waals surface area contributed by atoms with Crippen molar-refractivity contribution in [3.05, 3.63) is 29.3 Å². The Morgan fingerprint density at radius 1 is 1.22 bits per heavy atom. The lowest BCUT2D eigenvalue weighted by Crippen LogP contribution is -2.30. The van der Waals surface area contributed by atoms with Crippen molar-refractivity contribution in [3.8, 4) is 0 Å². The fraction of sp³-hybridized carbons (Fsp3) is 0.467. The van der Waals surface area contributed by atoms with Crippen LogP contribution in [0.4, 0.5) is 5.69 Å². The summed E-state index contributed by atoms with van der Waals surface area (Å²) in [5.74, 6) is 0.303. The molecule has 0 saturated heterocycles. The summed E-state index contributed by atoms with van der Waals surface area (Å²) >= 11 is 0.